The fraction of sp³-hybridized carbons (Fsp3) is 0.0938. The molecule has 0 radical (unpaired) electrons. The van der Waals surface area contributed by atoms with Gasteiger partial charge in [0.2, 0.25) is 0 Å². The molecule has 2 nitrogen and oxygen atoms in total. The fourth-order valence-electron chi connectivity index (χ4n) is 11.7. The van der Waals surface area contributed by atoms with Crippen LogP contribution in [-0.2, 0) is 10.8 Å². The average molecular weight is 845 g/mol. The molecule has 0 unspecified atom stereocenters. The van der Waals surface area contributed by atoms with Gasteiger partial charge in [0.05, 0.1) is 11.1 Å². The van der Waals surface area contributed by atoms with Crippen LogP contribution in [0.5, 0.6) is 0 Å². The number of rotatable bonds is 8. The Morgan fingerprint density at radius 2 is 0.803 bits per heavy atom. The Kier molecular flexibility index (Phi) is 8.64. The molecule has 1 spiro atoms. The minimum atomic E-state index is -0.490. The van der Waals surface area contributed by atoms with Gasteiger partial charge in [0.25, 0.3) is 0 Å². The third-order valence-corrected chi connectivity index (χ3v) is 14.9. The van der Waals surface area contributed by atoms with Crippen LogP contribution in [0.3, 0.4) is 0 Å². The van der Waals surface area contributed by atoms with E-state index in [0.717, 1.165) is 35.6 Å². The lowest BCUT2D eigenvalue weighted by Gasteiger charge is -2.35. The van der Waals surface area contributed by atoms with E-state index in [-0.39, 0.29) is 5.41 Å². The molecule has 2 heteroatoms. The van der Waals surface area contributed by atoms with E-state index in [1.807, 2.05) is 0 Å². The molecule has 0 aromatic heterocycles. The van der Waals surface area contributed by atoms with Gasteiger partial charge in [-0.1, -0.05) is 175 Å². The minimum Gasteiger partial charge on any atom is -0.310 e. The Balaban J connectivity index is 0.994. The SMILES string of the molecule is Cc1ccc(N(c2ccc(C)cc2)c2ccc3c4c(cccc24)C2(CC2)c2cc(N(c4ccccc4)c4ccc5c(c4)C(c4ccccc4)(c4ccccc4)c4ccccc4-5)ccc2-3)cc1. The summed E-state index contributed by atoms with van der Waals surface area (Å²) in [6.45, 7) is 4.32. The van der Waals surface area contributed by atoms with Crippen molar-refractivity contribution in [1.82, 2.24) is 0 Å². The Morgan fingerprint density at radius 1 is 0.333 bits per heavy atom. The lowest BCUT2D eigenvalue weighted by molar-refractivity contribution is 0.768. The van der Waals surface area contributed by atoms with Gasteiger partial charge in [-0.15, -0.1) is 0 Å². The summed E-state index contributed by atoms with van der Waals surface area (Å²) < 4.78 is 0. The number of hydrogen-bond acceptors (Lipinski definition) is 2. The van der Waals surface area contributed by atoms with E-state index in [2.05, 4.69) is 254 Å². The molecule has 10 aromatic rings. The summed E-state index contributed by atoms with van der Waals surface area (Å²) in [4.78, 5) is 4.93. The van der Waals surface area contributed by atoms with E-state index in [1.165, 1.54) is 88.9 Å². The van der Waals surface area contributed by atoms with Gasteiger partial charge >= 0.3 is 0 Å². The van der Waals surface area contributed by atoms with Gasteiger partial charge in [-0.25, -0.2) is 0 Å². The predicted molar refractivity (Wildman–Crippen MR) is 276 cm³/mol. The second kappa shape index (κ2) is 14.8. The van der Waals surface area contributed by atoms with E-state index in [4.69, 9.17) is 0 Å². The molecule has 0 saturated heterocycles. The molecule has 0 atom stereocenters. The van der Waals surface area contributed by atoms with Crippen molar-refractivity contribution >= 4 is 44.9 Å². The minimum absolute atomic E-state index is 0.0489. The molecule has 0 amide bonds. The second-order valence-electron chi connectivity index (χ2n) is 18.6. The zero-order valence-electron chi connectivity index (χ0n) is 37.2. The van der Waals surface area contributed by atoms with Crippen LogP contribution < -0.4 is 9.80 Å². The van der Waals surface area contributed by atoms with Crippen LogP contribution in [0, 0.1) is 13.8 Å². The van der Waals surface area contributed by atoms with Gasteiger partial charge in [0, 0.05) is 39.2 Å². The molecular formula is C64H48N2. The summed E-state index contributed by atoms with van der Waals surface area (Å²) >= 11 is 0. The van der Waals surface area contributed by atoms with Crippen molar-refractivity contribution < 1.29 is 0 Å². The molecule has 314 valence electrons. The van der Waals surface area contributed by atoms with Crippen LogP contribution in [0.15, 0.2) is 231 Å². The lowest BCUT2D eigenvalue weighted by atomic mass is 9.67. The van der Waals surface area contributed by atoms with Gasteiger partial charge < -0.3 is 9.80 Å². The van der Waals surface area contributed by atoms with E-state index in [0.29, 0.717) is 0 Å². The summed E-state index contributed by atoms with van der Waals surface area (Å²) in [5.74, 6) is 0. The molecular weight excluding hydrogens is 797 g/mol. The topological polar surface area (TPSA) is 6.48 Å². The standard InChI is InChI=1S/C64H48N2/c1-43-25-29-48(30-26-43)66(49-31-27-44(2)28-32-49)61-38-37-55-54-36-34-50(41-59(54)63(39-40-63)58-24-14-22-56(61)62(55)58)65(47-19-10-5-11-20-47)51-33-35-53-52-21-12-13-23-57(52)64(60(53)42-51,45-15-6-3-7-16-45)46-17-8-4-9-18-46/h3-38,41-42H,39-40H2,1-2H3. The monoisotopic (exact) mass is 844 g/mol. The van der Waals surface area contributed by atoms with Crippen LogP contribution in [0.25, 0.3) is 33.0 Å². The molecule has 0 bridgehead atoms. The van der Waals surface area contributed by atoms with E-state index >= 15 is 0 Å². The molecule has 66 heavy (non-hydrogen) atoms. The Morgan fingerprint density at radius 3 is 1.41 bits per heavy atom. The first-order valence-corrected chi connectivity index (χ1v) is 23.4. The number of benzene rings is 10. The first kappa shape index (κ1) is 38.5. The summed E-state index contributed by atoms with van der Waals surface area (Å²) in [6, 6.07) is 86.4. The maximum absolute atomic E-state index is 2.53. The third kappa shape index (κ3) is 5.67. The van der Waals surface area contributed by atoms with E-state index in [9.17, 15) is 0 Å². The Bertz CT molecular complexity index is 3390. The lowest BCUT2D eigenvalue weighted by Crippen LogP contribution is -2.28. The van der Waals surface area contributed by atoms with Gasteiger partial charge in [0.1, 0.15) is 0 Å². The summed E-state index contributed by atoms with van der Waals surface area (Å²) in [7, 11) is 0. The van der Waals surface area contributed by atoms with E-state index < -0.39 is 5.41 Å². The fourth-order valence-corrected chi connectivity index (χ4v) is 11.7. The summed E-state index contributed by atoms with van der Waals surface area (Å²) in [5.41, 5.74) is 22.2. The first-order chi connectivity index (χ1) is 32.5. The van der Waals surface area contributed by atoms with Crippen LogP contribution in [0.1, 0.15) is 57.3 Å². The van der Waals surface area contributed by atoms with Crippen LogP contribution in [0.2, 0.25) is 0 Å². The molecule has 3 aliphatic rings. The second-order valence-corrected chi connectivity index (χ2v) is 18.6. The van der Waals surface area contributed by atoms with Crippen LogP contribution >= 0.6 is 0 Å². The highest BCUT2D eigenvalue weighted by atomic mass is 15.1. The molecule has 0 aliphatic heterocycles. The van der Waals surface area contributed by atoms with Crippen molar-refractivity contribution in [3.8, 4) is 22.3 Å². The number of fused-ring (bicyclic) bond motifs is 7. The normalized spacial score (nSPS) is 14.3. The number of hydrogen-bond donors (Lipinski definition) is 0. The highest BCUT2D eigenvalue weighted by Gasteiger charge is 2.51. The Labute approximate surface area is 387 Å². The van der Waals surface area contributed by atoms with Gasteiger partial charge in [-0.2, -0.15) is 0 Å². The number of anilines is 6. The highest BCUT2D eigenvalue weighted by Crippen LogP contribution is 2.63. The highest BCUT2D eigenvalue weighted by molar-refractivity contribution is 6.11. The van der Waals surface area contributed by atoms with Crippen LogP contribution in [0.4, 0.5) is 34.1 Å². The molecule has 1 fully saturated rings. The zero-order valence-corrected chi connectivity index (χ0v) is 37.2. The smallest absolute Gasteiger partial charge is 0.0714 e. The van der Waals surface area contributed by atoms with Crippen molar-refractivity contribution in [2.45, 2.75) is 37.5 Å². The summed E-state index contributed by atoms with van der Waals surface area (Å²) in [5, 5.41) is 2.67. The molecule has 3 aliphatic carbocycles. The maximum Gasteiger partial charge on any atom is 0.0714 e. The number of nitrogens with zero attached hydrogens (tertiary/aromatic N) is 2. The van der Waals surface area contributed by atoms with Crippen molar-refractivity contribution in [3.05, 3.63) is 275 Å². The maximum atomic E-state index is 2.53. The van der Waals surface area contributed by atoms with Crippen molar-refractivity contribution in [1.29, 1.82) is 0 Å². The van der Waals surface area contributed by atoms with Crippen LogP contribution in [-0.4, -0.2) is 0 Å². The average Bonchev–Trinajstić information content (AvgIpc) is 4.12. The number of para-hydroxylation sites is 1. The first-order valence-electron chi connectivity index (χ1n) is 23.4. The number of aryl methyl sites for hydroxylation is 2. The molecule has 0 N–H and O–H groups in total. The predicted octanol–water partition coefficient (Wildman–Crippen LogP) is 16.8. The third-order valence-electron chi connectivity index (χ3n) is 14.9. The molecule has 0 heterocycles. The van der Waals surface area contributed by atoms with Crippen molar-refractivity contribution in [3.63, 3.8) is 0 Å². The van der Waals surface area contributed by atoms with Crippen molar-refractivity contribution in [2.24, 2.45) is 0 Å². The van der Waals surface area contributed by atoms with Crippen molar-refractivity contribution in [2.75, 3.05) is 9.80 Å². The molecule has 13 rings (SSSR count). The largest absolute Gasteiger partial charge is 0.310 e. The zero-order chi connectivity index (χ0) is 44.0. The summed E-state index contributed by atoms with van der Waals surface area (Å²) in [6.07, 6.45) is 2.26. The quantitative estimate of drug-likeness (QED) is 0.150. The van der Waals surface area contributed by atoms with Gasteiger partial charge in [0.15, 0.2) is 0 Å². The Hall–Kier alpha value is -7.94. The molecule has 1 saturated carbocycles. The van der Waals surface area contributed by atoms with Gasteiger partial charge in [-0.3, -0.25) is 0 Å². The molecule has 10 aromatic carbocycles. The van der Waals surface area contributed by atoms with Gasteiger partial charge in [-0.05, 0) is 154 Å². The van der Waals surface area contributed by atoms with E-state index in [1.54, 1.807) is 0 Å².